The largest absolute Gasteiger partial charge is 0.397 e. The van der Waals surface area contributed by atoms with Crippen LogP contribution in [0, 0.1) is 0 Å². The zero-order valence-electron chi connectivity index (χ0n) is 11.4. The summed E-state index contributed by atoms with van der Waals surface area (Å²) < 4.78 is 0. The van der Waals surface area contributed by atoms with Crippen LogP contribution in [-0.2, 0) is 0 Å². The van der Waals surface area contributed by atoms with Crippen LogP contribution in [0.15, 0.2) is 6.07 Å². The Balaban J connectivity index is 2.08. The fourth-order valence-electron chi connectivity index (χ4n) is 2.11. The summed E-state index contributed by atoms with van der Waals surface area (Å²) in [4.78, 5) is 14.9. The van der Waals surface area contributed by atoms with Crippen molar-refractivity contribution < 1.29 is 4.79 Å². The van der Waals surface area contributed by atoms with Crippen LogP contribution < -0.4 is 21.3 Å². The summed E-state index contributed by atoms with van der Waals surface area (Å²) in [5.41, 5.74) is 6.56. The molecule has 4 N–H and O–H groups in total. The number of nitrogens with two attached hydrogens (primary N) is 1. The van der Waals surface area contributed by atoms with Crippen LogP contribution in [-0.4, -0.2) is 38.6 Å². The van der Waals surface area contributed by atoms with Crippen LogP contribution in [0.4, 0.5) is 10.7 Å². The van der Waals surface area contributed by atoms with Gasteiger partial charge >= 0.3 is 0 Å². The normalized spacial score (nSPS) is 16.2. The van der Waals surface area contributed by atoms with E-state index in [1.54, 1.807) is 0 Å². The van der Waals surface area contributed by atoms with Gasteiger partial charge in [-0.05, 0) is 25.5 Å². The summed E-state index contributed by atoms with van der Waals surface area (Å²) in [5.74, 6) is -0.0523. The number of anilines is 2. The van der Waals surface area contributed by atoms with Crippen molar-refractivity contribution in [2.45, 2.75) is 19.8 Å². The van der Waals surface area contributed by atoms with Crippen molar-refractivity contribution >= 4 is 27.9 Å². The number of hydrogen-bond acceptors (Lipinski definition) is 5. The number of rotatable bonds is 4. The molecule has 19 heavy (non-hydrogen) atoms. The van der Waals surface area contributed by atoms with Crippen molar-refractivity contribution in [2.75, 3.05) is 43.4 Å². The lowest BCUT2D eigenvalue weighted by Gasteiger charge is -2.19. The van der Waals surface area contributed by atoms with Gasteiger partial charge in [-0.1, -0.05) is 6.92 Å². The average Bonchev–Trinajstić information content (AvgIpc) is 2.65. The van der Waals surface area contributed by atoms with Crippen molar-refractivity contribution in [3.63, 3.8) is 0 Å². The number of nitrogen functional groups attached to an aromatic ring is 1. The summed E-state index contributed by atoms with van der Waals surface area (Å²) in [5, 5.41) is 7.35. The second-order valence-electron chi connectivity index (χ2n) is 4.72. The number of carbonyl (C=O) groups is 1. The number of nitrogens with one attached hydrogen (secondary N) is 2. The highest BCUT2D eigenvalue weighted by atomic mass is 32.1. The topological polar surface area (TPSA) is 70.4 Å². The molecule has 6 heteroatoms. The van der Waals surface area contributed by atoms with Gasteiger partial charge in [0.2, 0.25) is 0 Å². The molecule has 0 spiro atoms. The van der Waals surface area contributed by atoms with E-state index in [-0.39, 0.29) is 5.91 Å². The third kappa shape index (κ3) is 3.61. The maximum Gasteiger partial charge on any atom is 0.263 e. The average molecular weight is 282 g/mol. The molecular weight excluding hydrogens is 260 g/mol. The minimum absolute atomic E-state index is 0.0523. The minimum Gasteiger partial charge on any atom is -0.397 e. The first-order valence-corrected chi connectivity index (χ1v) is 7.67. The first-order valence-electron chi connectivity index (χ1n) is 6.85. The minimum atomic E-state index is -0.0523. The summed E-state index contributed by atoms with van der Waals surface area (Å²) in [6.07, 6.45) is 2.05. The van der Waals surface area contributed by atoms with E-state index in [1.165, 1.54) is 11.3 Å². The molecule has 0 unspecified atom stereocenters. The quantitative estimate of drug-likeness (QED) is 0.778. The van der Waals surface area contributed by atoms with Gasteiger partial charge in [-0.3, -0.25) is 4.79 Å². The van der Waals surface area contributed by atoms with Crippen LogP contribution in [0.1, 0.15) is 29.4 Å². The van der Waals surface area contributed by atoms with E-state index >= 15 is 0 Å². The standard InChI is InChI=1S/C13H22N4OS/c1-2-4-16-13(18)12-10(14)9-11(19-12)17-7-3-5-15-6-8-17/h9,15H,2-8,14H2,1H3,(H,16,18). The SMILES string of the molecule is CCCNC(=O)c1sc(N2CCCNCC2)cc1N. The molecule has 0 aliphatic carbocycles. The van der Waals surface area contributed by atoms with Crippen molar-refractivity contribution in [1.82, 2.24) is 10.6 Å². The fraction of sp³-hybridized carbons (Fsp3) is 0.615. The molecule has 0 bridgehead atoms. The summed E-state index contributed by atoms with van der Waals surface area (Å²) in [6, 6.07) is 1.93. The Morgan fingerprint density at radius 2 is 2.37 bits per heavy atom. The van der Waals surface area contributed by atoms with Gasteiger partial charge in [-0.25, -0.2) is 0 Å². The highest BCUT2D eigenvalue weighted by Gasteiger charge is 2.18. The number of hydrogen-bond donors (Lipinski definition) is 3. The molecule has 2 heterocycles. The van der Waals surface area contributed by atoms with E-state index in [2.05, 4.69) is 15.5 Å². The molecule has 2 rings (SSSR count). The Morgan fingerprint density at radius 3 is 3.16 bits per heavy atom. The lowest BCUT2D eigenvalue weighted by Crippen LogP contribution is -2.27. The Morgan fingerprint density at radius 1 is 1.53 bits per heavy atom. The molecule has 5 nitrogen and oxygen atoms in total. The predicted octanol–water partition coefficient (Wildman–Crippen LogP) is 1.27. The van der Waals surface area contributed by atoms with Crippen molar-refractivity contribution in [3.05, 3.63) is 10.9 Å². The smallest absolute Gasteiger partial charge is 0.263 e. The zero-order valence-corrected chi connectivity index (χ0v) is 12.2. The Labute approximate surface area is 118 Å². The molecule has 106 valence electrons. The van der Waals surface area contributed by atoms with Crippen molar-refractivity contribution in [3.8, 4) is 0 Å². The van der Waals surface area contributed by atoms with E-state index in [0.717, 1.165) is 44.0 Å². The van der Waals surface area contributed by atoms with Gasteiger partial charge in [0.15, 0.2) is 0 Å². The van der Waals surface area contributed by atoms with E-state index in [0.29, 0.717) is 17.1 Å². The molecule has 0 atom stereocenters. The number of amides is 1. The fourth-order valence-corrected chi connectivity index (χ4v) is 3.16. The molecule has 1 aliphatic heterocycles. The van der Waals surface area contributed by atoms with E-state index in [9.17, 15) is 4.79 Å². The first-order chi connectivity index (χ1) is 9.22. The summed E-state index contributed by atoms with van der Waals surface area (Å²) >= 11 is 1.49. The Hall–Kier alpha value is -1.27. The molecule has 0 radical (unpaired) electrons. The van der Waals surface area contributed by atoms with Gasteiger partial charge in [0.1, 0.15) is 4.88 Å². The molecule has 1 amide bonds. The van der Waals surface area contributed by atoms with Gasteiger partial charge in [0, 0.05) is 26.2 Å². The highest BCUT2D eigenvalue weighted by molar-refractivity contribution is 7.18. The first kappa shape index (κ1) is 14.1. The van der Waals surface area contributed by atoms with Gasteiger partial charge in [-0.15, -0.1) is 11.3 Å². The van der Waals surface area contributed by atoms with Crippen LogP contribution >= 0.6 is 11.3 Å². The molecular formula is C13H22N4OS. The number of thiophene rings is 1. The van der Waals surface area contributed by atoms with Gasteiger partial charge in [0.05, 0.1) is 10.7 Å². The Kier molecular flexibility index (Phi) is 5.04. The molecule has 1 aromatic rings. The lowest BCUT2D eigenvalue weighted by molar-refractivity contribution is 0.0958. The van der Waals surface area contributed by atoms with Crippen LogP contribution in [0.25, 0.3) is 0 Å². The summed E-state index contributed by atoms with van der Waals surface area (Å²) in [6.45, 7) is 6.75. The number of nitrogens with zero attached hydrogens (tertiary/aromatic N) is 1. The third-order valence-electron chi connectivity index (χ3n) is 3.14. The van der Waals surface area contributed by atoms with Crippen LogP contribution in [0.3, 0.4) is 0 Å². The predicted molar refractivity (Wildman–Crippen MR) is 81.1 cm³/mol. The van der Waals surface area contributed by atoms with E-state index in [4.69, 9.17) is 5.73 Å². The van der Waals surface area contributed by atoms with Crippen molar-refractivity contribution in [2.24, 2.45) is 0 Å². The molecule has 0 saturated carbocycles. The van der Waals surface area contributed by atoms with Crippen LogP contribution in [0.5, 0.6) is 0 Å². The highest BCUT2D eigenvalue weighted by Crippen LogP contribution is 2.32. The van der Waals surface area contributed by atoms with Gasteiger partial charge < -0.3 is 21.3 Å². The molecule has 1 fully saturated rings. The molecule has 0 aromatic carbocycles. The third-order valence-corrected chi connectivity index (χ3v) is 4.35. The Bertz CT molecular complexity index is 424. The maximum atomic E-state index is 12.0. The van der Waals surface area contributed by atoms with Crippen molar-refractivity contribution in [1.29, 1.82) is 0 Å². The van der Waals surface area contributed by atoms with Gasteiger partial charge in [0.25, 0.3) is 5.91 Å². The lowest BCUT2D eigenvalue weighted by atomic mass is 10.3. The number of carbonyl (C=O) groups excluding carboxylic acids is 1. The van der Waals surface area contributed by atoms with E-state index in [1.807, 2.05) is 13.0 Å². The summed E-state index contributed by atoms with van der Waals surface area (Å²) in [7, 11) is 0. The monoisotopic (exact) mass is 282 g/mol. The zero-order chi connectivity index (χ0) is 13.7. The molecule has 1 aliphatic rings. The second-order valence-corrected chi connectivity index (χ2v) is 5.75. The molecule has 1 aromatic heterocycles. The van der Waals surface area contributed by atoms with Crippen LogP contribution in [0.2, 0.25) is 0 Å². The van der Waals surface area contributed by atoms with E-state index < -0.39 is 0 Å². The second kappa shape index (κ2) is 6.77. The van der Waals surface area contributed by atoms with Gasteiger partial charge in [-0.2, -0.15) is 0 Å². The maximum absolute atomic E-state index is 12.0. The molecule has 1 saturated heterocycles.